The molecule has 0 bridgehead atoms. The number of ketones is 1. The summed E-state index contributed by atoms with van der Waals surface area (Å²) in [5.41, 5.74) is 2.78. The van der Waals surface area contributed by atoms with Crippen molar-refractivity contribution in [3.8, 4) is 0 Å². The summed E-state index contributed by atoms with van der Waals surface area (Å²) in [6.07, 6.45) is 2.63. The number of fused-ring (bicyclic) bond motifs is 1. The molecule has 0 atom stereocenters. The van der Waals surface area contributed by atoms with E-state index in [0.717, 1.165) is 55.2 Å². The molecule has 1 fully saturated rings. The van der Waals surface area contributed by atoms with Gasteiger partial charge in [0.1, 0.15) is 5.82 Å². The molecule has 2 aliphatic heterocycles. The molecule has 0 spiro atoms. The van der Waals surface area contributed by atoms with Gasteiger partial charge in [0.2, 0.25) is 5.91 Å². The van der Waals surface area contributed by atoms with Gasteiger partial charge in [0, 0.05) is 57.1 Å². The molecule has 6 heteroatoms. The maximum absolute atomic E-state index is 12.7. The van der Waals surface area contributed by atoms with Gasteiger partial charge in [-0.05, 0) is 42.3 Å². The number of carbonyl (C=O) groups excluding carboxylic acids is 2. The molecule has 3 heterocycles. The first-order valence-corrected chi connectivity index (χ1v) is 9.44. The number of pyridine rings is 1. The van der Waals surface area contributed by atoms with Crippen molar-refractivity contribution in [2.45, 2.75) is 13.3 Å². The van der Waals surface area contributed by atoms with Gasteiger partial charge in [0.25, 0.3) is 0 Å². The number of hydrogen-bond acceptors (Lipinski definition) is 5. The van der Waals surface area contributed by atoms with Gasteiger partial charge in [-0.1, -0.05) is 6.07 Å². The average Bonchev–Trinajstić information content (AvgIpc) is 3.13. The summed E-state index contributed by atoms with van der Waals surface area (Å²) in [7, 11) is 0. The molecular formula is C21H24N4O2. The van der Waals surface area contributed by atoms with E-state index in [2.05, 4.69) is 14.8 Å². The van der Waals surface area contributed by atoms with Gasteiger partial charge in [-0.25, -0.2) is 4.98 Å². The van der Waals surface area contributed by atoms with Crippen LogP contribution >= 0.6 is 0 Å². The molecular weight excluding hydrogens is 340 g/mol. The monoisotopic (exact) mass is 364 g/mol. The standard InChI is InChI=1S/C21H24N4O2/c1-16(26)25-9-7-17-14-18(5-6-19(17)25)20(27)15-23-10-12-24(13-11-23)21-4-2-3-8-22-21/h2-6,8,14H,7,9-13,15H2,1H3. The summed E-state index contributed by atoms with van der Waals surface area (Å²) in [5, 5.41) is 0. The Hall–Kier alpha value is -2.73. The molecule has 0 aliphatic carbocycles. The Morgan fingerprint density at radius 1 is 1.04 bits per heavy atom. The number of nitrogens with zero attached hydrogens (tertiary/aromatic N) is 4. The fourth-order valence-electron chi connectivity index (χ4n) is 3.87. The van der Waals surface area contributed by atoms with E-state index in [1.165, 1.54) is 0 Å². The summed E-state index contributed by atoms with van der Waals surface area (Å²) < 4.78 is 0. The van der Waals surface area contributed by atoms with Crippen molar-refractivity contribution in [3.63, 3.8) is 0 Å². The predicted molar refractivity (Wildman–Crippen MR) is 105 cm³/mol. The quantitative estimate of drug-likeness (QED) is 0.777. The minimum atomic E-state index is 0.0543. The molecule has 0 radical (unpaired) electrons. The highest BCUT2D eigenvalue weighted by molar-refractivity contribution is 6.00. The molecule has 1 amide bonds. The zero-order valence-corrected chi connectivity index (χ0v) is 15.6. The van der Waals surface area contributed by atoms with Crippen molar-refractivity contribution in [1.29, 1.82) is 0 Å². The Balaban J connectivity index is 1.36. The van der Waals surface area contributed by atoms with Crippen molar-refractivity contribution in [2.75, 3.05) is 49.1 Å². The van der Waals surface area contributed by atoms with E-state index in [1.807, 2.05) is 42.6 Å². The highest BCUT2D eigenvalue weighted by Gasteiger charge is 2.24. The van der Waals surface area contributed by atoms with Crippen molar-refractivity contribution in [1.82, 2.24) is 9.88 Å². The molecule has 0 N–H and O–H groups in total. The number of benzene rings is 1. The van der Waals surface area contributed by atoms with Crippen molar-refractivity contribution >= 4 is 23.2 Å². The van der Waals surface area contributed by atoms with Crippen LogP contribution in [-0.4, -0.2) is 60.8 Å². The second-order valence-corrected chi connectivity index (χ2v) is 7.14. The molecule has 4 rings (SSSR count). The van der Waals surface area contributed by atoms with Crippen LogP contribution in [0.4, 0.5) is 11.5 Å². The molecule has 0 unspecified atom stereocenters. The second kappa shape index (κ2) is 7.48. The van der Waals surface area contributed by atoms with E-state index in [0.29, 0.717) is 13.1 Å². The van der Waals surface area contributed by atoms with Gasteiger partial charge in [-0.2, -0.15) is 0 Å². The number of Topliss-reactive ketones (excluding diaryl/α,β-unsaturated/α-hetero) is 1. The third-order valence-corrected chi connectivity index (χ3v) is 5.39. The SMILES string of the molecule is CC(=O)N1CCc2cc(C(=O)CN3CCN(c4ccccn4)CC3)ccc21. The highest BCUT2D eigenvalue weighted by Crippen LogP contribution is 2.29. The minimum Gasteiger partial charge on any atom is -0.354 e. The predicted octanol–water partition coefficient (Wildman–Crippen LogP) is 2.00. The molecule has 1 saturated heterocycles. The first-order valence-electron chi connectivity index (χ1n) is 9.44. The molecule has 0 saturated carbocycles. The zero-order valence-electron chi connectivity index (χ0n) is 15.6. The molecule has 2 aliphatic rings. The maximum atomic E-state index is 12.7. The molecule has 140 valence electrons. The van der Waals surface area contributed by atoms with Gasteiger partial charge in [0.15, 0.2) is 5.78 Å². The Morgan fingerprint density at radius 2 is 1.85 bits per heavy atom. The molecule has 1 aromatic heterocycles. The first-order chi connectivity index (χ1) is 13.1. The van der Waals surface area contributed by atoms with Gasteiger partial charge >= 0.3 is 0 Å². The number of carbonyl (C=O) groups is 2. The topological polar surface area (TPSA) is 56.8 Å². The van der Waals surface area contributed by atoms with Crippen LogP contribution in [0.1, 0.15) is 22.8 Å². The van der Waals surface area contributed by atoms with Gasteiger partial charge in [-0.3, -0.25) is 14.5 Å². The van der Waals surface area contributed by atoms with Crippen molar-refractivity contribution in [2.24, 2.45) is 0 Å². The number of rotatable bonds is 4. The summed E-state index contributed by atoms with van der Waals surface area (Å²) in [5.74, 6) is 1.20. The Kier molecular flexibility index (Phi) is 4.90. The third kappa shape index (κ3) is 3.71. The fourth-order valence-corrected chi connectivity index (χ4v) is 3.87. The normalized spacial score (nSPS) is 17.1. The van der Waals surface area contributed by atoms with Gasteiger partial charge < -0.3 is 9.80 Å². The number of amides is 1. The van der Waals surface area contributed by atoms with Crippen LogP contribution in [0.2, 0.25) is 0 Å². The molecule has 2 aromatic rings. The van der Waals surface area contributed by atoms with Gasteiger partial charge in [-0.15, -0.1) is 0 Å². The largest absolute Gasteiger partial charge is 0.354 e. The minimum absolute atomic E-state index is 0.0543. The summed E-state index contributed by atoms with van der Waals surface area (Å²) in [6, 6.07) is 11.7. The lowest BCUT2D eigenvalue weighted by molar-refractivity contribution is -0.116. The smallest absolute Gasteiger partial charge is 0.223 e. The second-order valence-electron chi connectivity index (χ2n) is 7.14. The molecule has 1 aromatic carbocycles. The fraction of sp³-hybridized carbons (Fsp3) is 0.381. The van der Waals surface area contributed by atoms with Crippen LogP contribution in [-0.2, 0) is 11.2 Å². The van der Waals surface area contributed by atoms with Crippen LogP contribution < -0.4 is 9.80 Å². The number of hydrogen-bond donors (Lipinski definition) is 0. The van der Waals surface area contributed by atoms with Crippen LogP contribution in [0.3, 0.4) is 0 Å². The van der Waals surface area contributed by atoms with E-state index in [4.69, 9.17) is 0 Å². The maximum Gasteiger partial charge on any atom is 0.223 e. The van der Waals surface area contributed by atoms with E-state index < -0.39 is 0 Å². The Bertz CT molecular complexity index is 845. The van der Waals surface area contributed by atoms with Crippen molar-refractivity contribution < 1.29 is 9.59 Å². The summed E-state index contributed by atoms with van der Waals surface area (Å²) in [6.45, 7) is 6.18. The summed E-state index contributed by atoms with van der Waals surface area (Å²) >= 11 is 0. The lowest BCUT2D eigenvalue weighted by Gasteiger charge is -2.35. The number of piperazine rings is 1. The van der Waals surface area contributed by atoms with Crippen LogP contribution in [0.15, 0.2) is 42.6 Å². The molecule has 6 nitrogen and oxygen atoms in total. The number of aromatic nitrogens is 1. The average molecular weight is 364 g/mol. The van der Waals surface area contributed by atoms with E-state index >= 15 is 0 Å². The van der Waals surface area contributed by atoms with Crippen molar-refractivity contribution in [3.05, 3.63) is 53.7 Å². The third-order valence-electron chi connectivity index (χ3n) is 5.39. The number of anilines is 2. The summed E-state index contributed by atoms with van der Waals surface area (Å²) in [4.78, 5) is 35.0. The molecule has 27 heavy (non-hydrogen) atoms. The van der Waals surface area contributed by atoms with Gasteiger partial charge in [0.05, 0.1) is 6.54 Å². The lowest BCUT2D eigenvalue weighted by Crippen LogP contribution is -2.48. The van der Waals surface area contributed by atoms with E-state index in [-0.39, 0.29) is 11.7 Å². The Morgan fingerprint density at radius 3 is 2.56 bits per heavy atom. The van der Waals surface area contributed by atoms with Crippen LogP contribution in [0.25, 0.3) is 0 Å². The lowest BCUT2D eigenvalue weighted by atomic mass is 10.0. The van der Waals surface area contributed by atoms with E-state index in [9.17, 15) is 9.59 Å². The Labute approximate surface area is 159 Å². The zero-order chi connectivity index (χ0) is 18.8. The van der Waals surface area contributed by atoms with Crippen LogP contribution in [0.5, 0.6) is 0 Å². The first kappa shape index (κ1) is 17.7. The van der Waals surface area contributed by atoms with Crippen LogP contribution in [0, 0.1) is 0 Å². The van der Waals surface area contributed by atoms with E-state index in [1.54, 1.807) is 11.8 Å². The highest BCUT2D eigenvalue weighted by atomic mass is 16.2.